The minimum Gasteiger partial charge on any atom is -0.357 e. The van der Waals surface area contributed by atoms with E-state index >= 15 is 0 Å². The van der Waals surface area contributed by atoms with E-state index in [9.17, 15) is 18.0 Å². The summed E-state index contributed by atoms with van der Waals surface area (Å²) in [7, 11) is -2.85. The Bertz CT molecular complexity index is 914. The van der Waals surface area contributed by atoms with Crippen LogP contribution >= 0.6 is 0 Å². The van der Waals surface area contributed by atoms with Gasteiger partial charge >= 0.3 is 10.3 Å². The van der Waals surface area contributed by atoms with Gasteiger partial charge < -0.3 is 10.2 Å². The first-order chi connectivity index (χ1) is 13.2. The van der Waals surface area contributed by atoms with Gasteiger partial charge in [0.1, 0.15) is 6.04 Å². The Morgan fingerprint density at radius 2 is 1.64 bits per heavy atom. The first kappa shape index (κ1) is 21.4. The molecule has 1 atom stereocenters. The quantitative estimate of drug-likeness (QED) is 0.577. The molecule has 9 heteroatoms. The number of hydrogen-bond donors (Lipinski definition) is 3. The molecule has 3 N–H and O–H groups in total. The molecular formula is C19H23N3O5S. The van der Waals surface area contributed by atoms with Gasteiger partial charge in [0.2, 0.25) is 11.8 Å². The third-order valence-corrected chi connectivity index (χ3v) is 4.65. The fourth-order valence-corrected chi connectivity index (χ4v) is 3.25. The van der Waals surface area contributed by atoms with Crippen molar-refractivity contribution in [3.8, 4) is 0 Å². The van der Waals surface area contributed by atoms with Crippen molar-refractivity contribution < 1.29 is 22.6 Å². The number of likely N-dealkylation sites (N-methyl/N-ethyl adjacent to an activating group) is 1. The van der Waals surface area contributed by atoms with E-state index in [2.05, 4.69) is 5.32 Å². The van der Waals surface area contributed by atoms with Crippen LogP contribution in [-0.2, 0) is 32.9 Å². The molecule has 0 saturated heterocycles. The molecule has 0 heterocycles. The van der Waals surface area contributed by atoms with Gasteiger partial charge in [0, 0.05) is 26.9 Å². The average Bonchev–Trinajstić information content (AvgIpc) is 2.64. The maximum atomic E-state index is 12.5. The normalized spacial score (nSPS) is 12.1. The van der Waals surface area contributed by atoms with Gasteiger partial charge in [-0.15, -0.1) is 0 Å². The van der Waals surface area contributed by atoms with Crippen LogP contribution in [0.4, 0.5) is 5.69 Å². The van der Waals surface area contributed by atoms with E-state index in [1.165, 1.54) is 31.0 Å². The zero-order chi connectivity index (χ0) is 20.7. The van der Waals surface area contributed by atoms with Crippen LogP contribution in [0.5, 0.6) is 0 Å². The van der Waals surface area contributed by atoms with Crippen LogP contribution in [-0.4, -0.2) is 42.8 Å². The number of carbonyl (C=O) groups is 2. The van der Waals surface area contributed by atoms with Crippen molar-refractivity contribution in [3.63, 3.8) is 0 Å². The number of hydrogen-bond acceptors (Lipinski definition) is 4. The topological polar surface area (TPSA) is 116 Å². The molecular weight excluding hydrogens is 382 g/mol. The predicted molar refractivity (Wildman–Crippen MR) is 106 cm³/mol. The molecule has 0 spiro atoms. The molecule has 2 aromatic carbocycles. The van der Waals surface area contributed by atoms with Crippen molar-refractivity contribution in [2.75, 3.05) is 11.8 Å². The van der Waals surface area contributed by atoms with Crippen LogP contribution in [0.3, 0.4) is 0 Å². The summed E-state index contributed by atoms with van der Waals surface area (Å²) in [6.07, 6.45) is 0.248. The Balaban J connectivity index is 2.24. The van der Waals surface area contributed by atoms with Crippen LogP contribution in [0, 0.1) is 0 Å². The zero-order valence-electron chi connectivity index (χ0n) is 15.6. The average molecular weight is 405 g/mol. The smallest absolute Gasteiger partial charge is 0.357 e. The van der Waals surface area contributed by atoms with Gasteiger partial charge in [-0.25, -0.2) is 0 Å². The second-order valence-electron chi connectivity index (χ2n) is 6.24. The molecule has 2 rings (SSSR count). The van der Waals surface area contributed by atoms with Gasteiger partial charge in [-0.1, -0.05) is 42.5 Å². The summed E-state index contributed by atoms with van der Waals surface area (Å²) in [4.78, 5) is 26.2. The lowest BCUT2D eigenvalue weighted by Crippen LogP contribution is -2.49. The van der Waals surface area contributed by atoms with Gasteiger partial charge in [-0.3, -0.25) is 18.9 Å². The molecule has 0 saturated carbocycles. The summed E-state index contributed by atoms with van der Waals surface area (Å²) in [6, 6.07) is 14.8. The molecule has 2 aromatic rings. The molecule has 0 aliphatic rings. The van der Waals surface area contributed by atoms with Crippen molar-refractivity contribution in [1.29, 1.82) is 0 Å². The fraction of sp³-hybridized carbons (Fsp3) is 0.263. The third-order valence-electron chi connectivity index (χ3n) is 4.16. The van der Waals surface area contributed by atoms with E-state index in [0.717, 1.165) is 11.1 Å². The Hall–Kier alpha value is -2.91. The van der Waals surface area contributed by atoms with Crippen LogP contribution < -0.4 is 10.0 Å². The summed E-state index contributed by atoms with van der Waals surface area (Å²) in [5, 5.41) is 2.59. The fourth-order valence-electron chi connectivity index (χ4n) is 2.81. The number of benzene rings is 2. The summed E-state index contributed by atoms with van der Waals surface area (Å²) in [5.41, 5.74) is 1.82. The molecule has 0 aliphatic heterocycles. The van der Waals surface area contributed by atoms with Crippen molar-refractivity contribution in [2.24, 2.45) is 0 Å². The second-order valence-corrected chi connectivity index (χ2v) is 7.39. The molecule has 28 heavy (non-hydrogen) atoms. The van der Waals surface area contributed by atoms with Crippen LogP contribution in [0.25, 0.3) is 0 Å². The molecule has 0 radical (unpaired) electrons. The number of rotatable bonds is 8. The largest absolute Gasteiger partial charge is 0.357 e. The molecule has 8 nitrogen and oxygen atoms in total. The van der Waals surface area contributed by atoms with Crippen molar-refractivity contribution >= 4 is 27.8 Å². The van der Waals surface area contributed by atoms with Gasteiger partial charge in [0.05, 0.1) is 5.69 Å². The van der Waals surface area contributed by atoms with Crippen molar-refractivity contribution in [3.05, 3.63) is 65.7 Å². The van der Waals surface area contributed by atoms with Gasteiger partial charge in [0.25, 0.3) is 0 Å². The lowest BCUT2D eigenvalue weighted by molar-refractivity contribution is -0.139. The highest BCUT2D eigenvalue weighted by molar-refractivity contribution is 7.87. The summed E-state index contributed by atoms with van der Waals surface area (Å²) < 4.78 is 32.5. The van der Waals surface area contributed by atoms with E-state index < -0.39 is 16.3 Å². The van der Waals surface area contributed by atoms with Crippen molar-refractivity contribution in [2.45, 2.75) is 25.9 Å². The number of carbonyl (C=O) groups excluding carboxylic acids is 2. The van der Waals surface area contributed by atoms with E-state index in [0.29, 0.717) is 0 Å². The predicted octanol–water partition coefficient (Wildman–Crippen LogP) is 1.61. The standard InChI is InChI=1S/C19H23N3O5S/c1-14(23)22(13-16-6-4-3-5-7-16)18(19(24)20-2)12-15-8-10-17(11-9-15)21-28(25,26)27/h3-11,18,21H,12-13H2,1-2H3,(H,20,24)(H,25,26,27). The first-order valence-corrected chi connectivity index (χ1v) is 10.0. The molecule has 0 aromatic heterocycles. The number of nitrogens with one attached hydrogen (secondary N) is 2. The van der Waals surface area contributed by atoms with Gasteiger partial charge in [-0.05, 0) is 23.3 Å². The van der Waals surface area contributed by atoms with E-state index in [-0.39, 0.29) is 30.5 Å². The lowest BCUT2D eigenvalue weighted by atomic mass is 10.0. The van der Waals surface area contributed by atoms with E-state index in [4.69, 9.17) is 4.55 Å². The monoisotopic (exact) mass is 405 g/mol. The van der Waals surface area contributed by atoms with E-state index in [1.54, 1.807) is 12.1 Å². The maximum Gasteiger partial charge on any atom is 0.357 e. The lowest BCUT2D eigenvalue weighted by Gasteiger charge is -2.30. The van der Waals surface area contributed by atoms with Gasteiger partial charge in [0.15, 0.2) is 0 Å². The maximum absolute atomic E-state index is 12.5. The Labute approximate surface area is 164 Å². The van der Waals surface area contributed by atoms with Gasteiger partial charge in [-0.2, -0.15) is 8.42 Å². The Morgan fingerprint density at radius 3 is 2.14 bits per heavy atom. The SMILES string of the molecule is CNC(=O)C(Cc1ccc(NS(=O)(=O)O)cc1)N(Cc1ccccc1)C(C)=O. The second kappa shape index (κ2) is 9.34. The number of amides is 2. The third kappa shape index (κ3) is 6.36. The summed E-state index contributed by atoms with van der Waals surface area (Å²) in [5.74, 6) is -0.534. The van der Waals surface area contributed by atoms with Crippen LogP contribution in [0.2, 0.25) is 0 Å². The number of nitrogens with zero attached hydrogens (tertiary/aromatic N) is 1. The summed E-state index contributed by atoms with van der Waals surface area (Å²) >= 11 is 0. The highest BCUT2D eigenvalue weighted by Gasteiger charge is 2.27. The molecule has 1 unspecified atom stereocenters. The Morgan fingerprint density at radius 1 is 1.04 bits per heavy atom. The zero-order valence-corrected chi connectivity index (χ0v) is 16.4. The van der Waals surface area contributed by atoms with E-state index in [1.807, 2.05) is 35.1 Å². The summed E-state index contributed by atoms with van der Waals surface area (Å²) in [6.45, 7) is 1.70. The molecule has 0 bridgehead atoms. The highest BCUT2D eigenvalue weighted by atomic mass is 32.2. The first-order valence-electron chi connectivity index (χ1n) is 8.56. The molecule has 0 aliphatic carbocycles. The Kier molecular flexibility index (Phi) is 7.13. The molecule has 150 valence electrons. The molecule has 2 amide bonds. The van der Waals surface area contributed by atoms with Crippen molar-refractivity contribution in [1.82, 2.24) is 10.2 Å². The minimum atomic E-state index is -4.36. The highest BCUT2D eigenvalue weighted by Crippen LogP contribution is 2.17. The molecule has 0 fully saturated rings. The number of anilines is 1. The van der Waals surface area contributed by atoms with Crippen LogP contribution in [0.15, 0.2) is 54.6 Å². The minimum absolute atomic E-state index is 0.190. The van der Waals surface area contributed by atoms with Crippen LogP contribution in [0.1, 0.15) is 18.1 Å².